The van der Waals surface area contributed by atoms with Gasteiger partial charge in [-0.05, 0) is 36.4 Å². The number of hydrogen-bond acceptors (Lipinski definition) is 5. The molecule has 0 unspecified atom stereocenters. The fourth-order valence-corrected chi connectivity index (χ4v) is 3.45. The van der Waals surface area contributed by atoms with E-state index in [1.165, 1.54) is 30.6 Å². The Kier molecular flexibility index (Phi) is 9.77. The first-order valence-electron chi connectivity index (χ1n) is 9.97. The Morgan fingerprint density at radius 3 is 2.56 bits per heavy atom. The van der Waals surface area contributed by atoms with E-state index >= 15 is 0 Å². The minimum Gasteiger partial charge on any atom is -0.437 e. The molecular weight excluding hydrogens is 544 g/mol. The third-order valence-corrected chi connectivity index (χ3v) is 5.05. The van der Waals surface area contributed by atoms with Gasteiger partial charge in [0.1, 0.15) is 17.6 Å². The van der Waals surface area contributed by atoms with Gasteiger partial charge in [-0.2, -0.15) is 18.2 Å². The Labute approximate surface area is 220 Å². The minimum atomic E-state index is -4.52. The number of aromatic nitrogens is 3. The summed E-state index contributed by atoms with van der Waals surface area (Å²) in [5, 5.41) is 5.00. The zero-order valence-electron chi connectivity index (χ0n) is 18.3. The molecule has 4 rings (SSSR count). The number of alkyl halides is 3. The molecule has 2 amide bonds. The molecule has 2 aromatic carbocycles. The molecule has 0 atom stereocenters. The third-order valence-electron chi connectivity index (χ3n) is 4.74. The Bertz CT molecular complexity index is 1350. The number of hydrogen-bond donors (Lipinski definition) is 3. The SMILES string of the molecule is Cl.Cl.NCCn1ccc2ncnc(Oc3ccc(NC(=O)Nc4cccc(C(F)(F)F)c4)c(Cl)c3)c21. The minimum absolute atomic E-state index is 0. The van der Waals surface area contributed by atoms with E-state index in [-0.39, 0.29) is 41.2 Å². The molecule has 0 radical (unpaired) electrons. The second-order valence-corrected chi connectivity index (χ2v) is 7.52. The van der Waals surface area contributed by atoms with Crippen molar-refractivity contribution in [3.63, 3.8) is 0 Å². The predicted molar refractivity (Wildman–Crippen MR) is 137 cm³/mol. The van der Waals surface area contributed by atoms with Gasteiger partial charge in [0.25, 0.3) is 0 Å². The van der Waals surface area contributed by atoms with Gasteiger partial charge in [-0.25, -0.2) is 9.78 Å². The number of amides is 2. The average molecular weight is 564 g/mol. The maximum absolute atomic E-state index is 12.9. The van der Waals surface area contributed by atoms with Crippen molar-refractivity contribution in [3.05, 3.63) is 71.6 Å². The fourth-order valence-electron chi connectivity index (χ4n) is 3.23. The van der Waals surface area contributed by atoms with Gasteiger partial charge in [0.2, 0.25) is 5.88 Å². The lowest BCUT2D eigenvalue weighted by Crippen LogP contribution is -2.20. The van der Waals surface area contributed by atoms with E-state index in [1.54, 1.807) is 6.07 Å². The van der Waals surface area contributed by atoms with Crippen LogP contribution in [-0.4, -0.2) is 27.1 Å². The maximum atomic E-state index is 12.9. The van der Waals surface area contributed by atoms with E-state index in [2.05, 4.69) is 20.6 Å². The number of fused-ring (bicyclic) bond motifs is 1. The number of nitrogens with one attached hydrogen (secondary N) is 2. The highest BCUT2D eigenvalue weighted by molar-refractivity contribution is 6.34. The Balaban J connectivity index is 0.00000228. The van der Waals surface area contributed by atoms with Gasteiger partial charge in [-0.1, -0.05) is 17.7 Å². The van der Waals surface area contributed by atoms with Crippen molar-refractivity contribution in [1.29, 1.82) is 0 Å². The lowest BCUT2D eigenvalue weighted by Gasteiger charge is -2.13. The second kappa shape index (κ2) is 12.1. The highest BCUT2D eigenvalue weighted by Gasteiger charge is 2.30. The molecule has 0 aliphatic rings. The highest BCUT2D eigenvalue weighted by Crippen LogP contribution is 2.33. The van der Waals surface area contributed by atoms with E-state index in [0.717, 1.165) is 12.1 Å². The summed E-state index contributed by atoms with van der Waals surface area (Å²) in [5.41, 5.74) is 6.36. The van der Waals surface area contributed by atoms with Crippen molar-refractivity contribution in [2.45, 2.75) is 12.7 Å². The molecule has 0 aliphatic heterocycles. The van der Waals surface area contributed by atoms with Crippen molar-refractivity contribution in [2.75, 3.05) is 17.2 Å². The Morgan fingerprint density at radius 1 is 1.08 bits per heavy atom. The Hall–Kier alpha value is -3.25. The van der Waals surface area contributed by atoms with E-state index < -0.39 is 17.8 Å². The van der Waals surface area contributed by atoms with Crippen molar-refractivity contribution < 1.29 is 22.7 Å². The number of carbonyl (C=O) groups excluding carboxylic acids is 1. The number of urea groups is 1. The van der Waals surface area contributed by atoms with Crippen LogP contribution in [0.15, 0.2) is 61.1 Å². The van der Waals surface area contributed by atoms with Gasteiger partial charge in [0, 0.05) is 31.0 Å². The van der Waals surface area contributed by atoms with E-state index in [4.69, 9.17) is 22.1 Å². The number of ether oxygens (including phenoxy) is 1. The summed E-state index contributed by atoms with van der Waals surface area (Å²) in [6.07, 6.45) is -1.31. The normalized spacial score (nSPS) is 10.8. The monoisotopic (exact) mass is 562 g/mol. The Morgan fingerprint density at radius 2 is 1.86 bits per heavy atom. The first kappa shape index (κ1) is 29.0. The number of halogens is 6. The smallest absolute Gasteiger partial charge is 0.416 e. The molecular formula is C22H20Cl3F3N6O2. The van der Waals surface area contributed by atoms with Crippen LogP contribution in [0.5, 0.6) is 11.6 Å². The second-order valence-electron chi connectivity index (χ2n) is 7.11. The molecule has 0 saturated carbocycles. The first-order chi connectivity index (χ1) is 16.2. The average Bonchev–Trinajstić information content (AvgIpc) is 3.19. The van der Waals surface area contributed by atoms with Crippen LogP contribution in [0.4, 0.5) is 29.3 Å². The van der Waals surface area contributed by atoms with Crippen molar-refractivity contribution >= 4 is 64.9 Å². The van der Waals surface area contributed by atoms with E-state index in [0.29, 0.717) is 35.8 Å². The molecule has 4 N–H and O–H groups in total. The molecule has 0 aliphatic carbocycles. The van der Waals surface area contributed by atoms with Crippen molar-refractivity contribution in [1.82, 2.24) is 14.5 Å². The highest BCUT2D eigenvalue weighted by atomic mass is 35.5. The maximum Gasteiger partial charge on any atom is 0.416 e. The van der Waals surface area contributed by atoms with Gasteiger partial charge < -0.3 is 25.7 Å². The molecule has 0 spiro atoms. The lowest BCUT2D eigenvalue weighted by atomic mass is 10.2. The van der Waals surface area contributed by atoms with Crippen LogP contribution in [0.25, 0.3) is 11.0 Å². The summed E-state index contributed by atoms with van der Waals surface area (Å²) in [4.78, 5) is 20.7. The van der Waals surface area contributed by atoms with Crippen LogP contribution in [-0.2, 0) is 12.7 Å². The molecule has 0 bridgehead atoms. The quantitative estimate of drug-likeness (QED) is 0.254. The summed E-state index contributed by atoms with van der Waals surface area (Å²) in [5.74, 6) is 0.664. The molecule has 4 aromatic rings. The molecule has 0 saturated heterocycles. The van der Waals surface area contributed by atoms with Gasteiger partial charge in [0.15, 0.2) is 0 Å². The molecule has 8 nitrogen and oxygen atoms in total. The summed E-state index contributed by atoms with van der Waals surface area (Å²) in [6.45, 7) is 0.977. The van der Waals surface area contributed by atoms with Gasteiger partial charge in [-0.3, -0.25) is 0 Å². The number of anilines is 2. The summed E-state index contributed by atoms with van der Waals surface area (Å²) < 4.78 is 46.3. The first-order valence-corrected chi connectivity index (χ1v) is 10.3. The zero-order chi connectivity index (χ0) is 24.3. The molecule has 0 fully saturated rings. The standard InChI is InChI=1S/C22H18ClF3N6O2.2ClH/c23-16-11-15(34-20-19-18(28-12-29-20)6-8-32(19)9-7-27)4-5-17(16)31-21(33)30-14-3-1-2-13(10-14)22(24,25)26;;/h1-6,8,10-12H,7,9,27H2,(H2,30,31,33);2*1H. The van der Waals surface area contributed by atoms with Crippen LogP contribution >= 0.6 is 36.4 Å². The fraction of sp³-hybridized carbons (Fsp3) is 0.136. The van der Waals surface area contributed by atoms with E-state index in [1.807, 2.05) is 16.8 Å². The lowest BCUT2D eigenvalue weighted by molar-refractivity contribution is -0.137. The van der Waals surface area contributed by atoms with Gasteiger partial charge in [-0.15, -0.1) is 24.8 Å². The summed E-state index contributed by atoms with van der Waals surface area (Å²) >= 11 is 6.28. The third kappa shape index (κ3) is 6.70. The van der Waals surface area contributed by atoms with Crippen LogP contribution in [0.1, 0.15) is 5.56 Å². The van der Waals surface area contributed by atoms with Crippen LogP contribution in [0.3, 0.4) is 0 Å². The van der Waals surface area contributed by atoms with Crippen molar-refractivity contribution in [2.24, 2.45) is 5.73 Å². The van der Waals surface area contributed by atoms with Crippen LogP contribution in [0, 0.1) is 0 Å². The van der Waals surface area contributed by atoms with Crippen LogP contribution < -0.4 is 21.1 Å². The molecule has 192 valence electrons. The number of rotatable bonds is 6. The molecule has 2 aromatic heterocycles. The van der Waals surface area contributed by atoms with Gasteiger partial charge in [0.05, 0.1) is 21.8 Å². The molecule has 2 heterocycles. The number of nitrogens with two attached hydrogens (primary N) is 1. The zero-order valence-corrected chi connectivity index (χ0v) is 20.6. The molecule has 36 heavy (non-hydrogen) atoms. The number of carbonyl (C=O) groups is 1. The largest absolute Gasteiger partial charge is 0.437 e. The summed E-state index contributed by atoms with van der Waals surface area (Å²) in [7, 11) is 0. The number of nitrogens with zero attached hydrogens (tertiary/aromatic N) is 3. The topological polar surface area (TPSA) is 107 Å². The predicted octanol–water partition coefficient (Wildman–Crippen LogP) is 6.34. The molecule has 14 heteroatoms. The van der Waals surface area contributed by atoms with E-state index in [9.17, 15) is 18.0 Å². The van der Waals surface area contributed by atoms with Crippen LogP contribution in [0.2, 0.25) is 5.02 Å². The van der Waals surface area contributed by atoms with Crippen molar-refractivity contribution in [3.8, 4) is 11.6 Å². The van der Waals surface area contributed by atoms with Gasteiger partial charge >= 0.3 is 12.2 Å². The summed E-state index contributed by atoms with van der Waals surface area (Å²) in [6, 6.07) is 9.90. The number of benzene rings is 2.